The Kier molecular flexibility index (Phi) is 3.39. The average Bonchev–Trinajstić information content (AvgIpc) is 2.89. The van der Waals surface area contributed by atoms with Crippen molar-refractivity contribution in [2.45, 2.75) is 65.3 Å². The van der Waals surface area contributed by atoms with Gasteiger partial charge in [-0.15, -0.1) is 0 Å². The smallest absolute Gasteiger partial charge is 0.0103 e. The average molecular weight is 209 g/mol. The largest absolute Gasteiger partial charge is 0.314 e. The summed E-state index contributed by atoms with van der Waals surface area (Å²) in [5.74, 6) is 1.99. The van der Waals surface area contributed by atoms with Crippen LogP contribution >= 0.6 is 0 Å². The lowest BCUT2D eigenvalue weighted by Gasteiger charge is -2.35. The van der Waals surface area contributed by atoms with Crippen LogP contribution < -0.4 is 5.32 Å². The van der Waals surface area contributed by atoms with Gasteiger partial charge < -0.3 is 5.32 Å². The first-order chi connectivity index (χ1) is 7.13. The van der Waals surface area contributed by atoms with E-state index < -0.39 is 0 Å². The maximum atomic E-state index is 3.75. The molecule has 0 bridgehead atoms. The summed E-state index contributed by atoms with van der Waals surface area (Å²) in [5, 5.41) is 3.75. The highest BCUT2D eigenvalue weighted by Crippen LogP contribution is 2.47. The molecule has 0 spiro atoms. The van der Waals surface area contributed by atoms with Crippen molar-refractivity contribution in [2.75, 3.05) is 6.54 Å². The summed E-state index contributed by atoms with van der Waals surface area (Å²) in [4.78, 5) is 0. The highest BCUT2D eigenvalue weighted by Gasteiger charge is 2.40. The van der Waals surface area contributed by atoms with Crippen LogP contribution in [0.15, 0.2) is 0 Å². The third-order valence-electron chi connectivity index (χ3n) is 4.58. The minimum atomic E-state index is 0.585. The summed E-state index contributed by atoms with van der Waals surface area (Å²) in [7, 11) is 0. The van der Waals surface area contributed by atoms with Gasteiger partial charge >= 0.3 is 0 Å². The molecule has 2 aliphatic carbocycles. The van der Waals surface area contributed by atoms with E-state index in [2.05, 4.69) is 26.1 Å². The second-order valence-corrected chi connectivity index (χ2v) is 6.33. The van der Waals surface area contributed by atoms with Gasteiger partial charge in [-0.1, -0.05) is 40.0 Å². The van der Waals surface area contributed by atoms with Crippen molar-refractivity contribution in [1.82, 2.24) is 5.32 Å². The van der Waals surface area contributed by atoms with Crippen LogP contribution in [-0.4, -0.2) is 12.6 Å². The van der Waals surface area contributed by atoms with Crippen molar-refractivity contribution in [2.24, 2.45) is 17.3 Å². The van der Waals surface area contributed by atoms with Gasteiger partial charge in [-0.05, 0) is 43.1 Å². The summed E-state index contributed by atoms with van der Waals surface area (Å²) >= 11 is 0. The molecule has 0 aromatic rings. The molecule has 2 saturated carbocycles. The zero-order chi connectivity index (χ0) is 10.9. The first-order valence-electron chi connectivity index (χ1n) is 6.87. The minimum Gasteiger partial charge on any atom is -0.314 e. The molecule has 0 saturated heterocycles. The molecule has 1 N–H and O–H groups in total. The van der Waals surface area contributed by atoms with Crippen LogP contribution in [0.3, 0.4) is 0 Å². The maximum Gasteiger partial charge on any atom is 0.0103 e. The summed E-state index contributed by atoms with van der Waals surface area (Å²) in [5.41, 5.74) is 0.585. The van der Waals surface area contributed by atoms with Crippen molar-refractivity contribution >= 4 is 0 Å². The van der Waals surface area contributed by atoms with E-state index in [4.69, 9.17) is 0 Å². The van der Waals surface area contributed by atoms with Crippen LogP contribution in [0.1, 0.15) is 59.3 Å². The van der Waals surface area contributed by atoms with Crippen molar-refractivity contribution in [3.8, 4) is 0 Å². The van der Waals surface area contributed by atoms with Gasteiger partial charge in [0.1, 0.15) is 0 Å². The Morgan fingerprint density at radius 3 is 2.47 bits per heavy atom. The lowest BCUT2D eigenvalue weighted by Crippen LogP contribution is -2.41. The van der Waals surface area contributed by atoms with Gasteiger partial charge in [0.15, 0.2) is 0 Å². The monoisotopic (exact) mass is 209 g/mol. The standard InChI is InChI=1S/C14H27N/c1-4-15-13(10-11-7-8-11)12-6-5-9-14(12,2)3/h11-13,15H,4-10H2,1-3H3. The molecule has 2 fully saturated rings. The fraction of sp³-hybridized carbons (Fsp3) is 1.00. The van der Waals surface area contributed by atoms with E-state index in [0.717, 1.165) is 24.4 Å². The van der Waals surface area contributed by atoms with E-state index in [1.165, 1.54) is 38.5 Å². The third kappa shape index (κ3) is 2.75. The van der Waals surface area contributed by atoms with Gasteiger partial charge in [0.05, 0.1) is 0 Å². The van der Waals surface area contributed by atoms with Crippen LogP contribution in [0.2, 0.25) is 0 Å². The molecule has 1 nitrogen and oxygen atoms in total. The summed E-state index contributed by atoms with van der Waals surface area (Å²) in [6, 6.07) is 0.806. The predicted octanol–water partition coefficient (Wildman–Crippen LogP) is 3.59. The van der Waals surface area contributed by atoms with Gasteiger partial charge in [-0.3, -0.25) is 0 Å². The Morgan fingerprint density at radius 1 is 1.27 bits per heavy atom. The lowest BCUT2D eigenvalue weighted by atomic mass is 9.76. The van der Waals surface area contributed by atoms with E-state index >= 15 is 0 Å². The lowest BCUT2D eigenvalue weighted by molar-refractivity contribution is 0.187. The second-order valence-electron chi connectivity index (χ2n) is 6.33. The molecule has 2 unspecified atom stereocenters. The number of hydrogen-bond acceptors (Lipinski definition) is 1. The molecule has 0 heterocycles. The Hall–Kier alpha value is -0.0400. The Labute approximate surface area is 95.0 Å². The third-order valence-corrected chi connectivity index (χ3v) is 4.58. The number of nitrogens with one attached hydrogen (secondary N) is 1. The molecule has 0 radical (unpaired) electrons. The van der Waals surface area contributed by atoms with E-state index in [-0.39, 0.29) is 0 Å². The summed E-state index contributed by atoms with van der Waals surface area (Å²) < 4.78 is 0. The zero-order valence-electron chi connectivity index (χ0n) is 10.7. The fourth-order valence-corrected chi connectivity index (χ4v) is 3.46. The van der Waals surface area contributed by atoms with Crippen molar-refractivity contribution < 1.29 is 0 Å². The topological polar surface area (TPSA) is 12.0 Å². The Bertz CT molecular complexity index is 205. The molecule has 0 amide bonds. The van der Waals surface area contributed by atoms with E-state index in [1.807, 2.05) is 0 Å². The number of rotatable bonds is 5. The molecular formula is C14H27N. The summed E-state index contributed by atoms with van der Waals surface area (Å²) in [6.45, 7) is 8.34. The van der Waals surface area contributed by atoms with Gasteiger partial charge in [-0.25, -0.2) is 0 Å². The molecule has 2 rings (SSSR count). The predicted molar refractivity (Wildman–Crippen MR) is 65.9 cm³/mol. The molecule has 88 valence electrons. The maximum absolute atomic E-state index is 3.75. The molecule has 0 aromatic carbocycles. The van der Waals surface area contributed by atoms with Crippen LogP contribution in [-0.2, 0) is 0 Å². The molecule has 2 aliphatic rings. The highest BCUT2D eigenvalue weighted by molar-refractivity contribution is 4.94. The van der Waals surface area contributed by atoms with Gasteiger partial charge in [0.2, 0.25) is 0 Å². The molecule has 15 heavy (non-hydrogen) atoms. The molecule has 1 heteroatoms. The van der Waals surface area contributed by atoms with Crippen LogP contribution in [0.25, 0.3) is 0 Å². The highest BCUT2D eigenvalue weighted by atomic mass is 14.9. The zero-order valence-corrected chi connectivity index (χ0v) is 10.7. The molecule has 0 aliphatic heterocycles. The number of hydrogen-bond donors (Lipinski definition) is 1. The van der Waals surface area contributed by atoms with Crippen LogP contribution in [0.5, 0.6) is 0 Å². The van der Waals surface area contributed by atoms with Crippen molar-refractivity contribution in [3.63, 3.8) is 0 Å². The molecule has 0 aromatic heterocycles. The van der Waals surface area contributed by atoms with E-state index in [9.17, 15) is 0 Å². The van der Waals surface area contributed by atoms with Gasteiger partial charge in [0.25, 0.3) is 0 Å². The second kappa shape index (κ2) is 4.45. The van der Waals surface area contributed by atoms with Gasteiger partial charge in [-0.2, -0.15) is 0 Å². The van der Waals surface area contributed by atoms with Crippen LogP contribution in [0, 0.1) is 17.3 Å². The Morgan fingerprint density at radius 2 is 2.00 bits per heavy atom. The van der Waals surface area contributed by atoms with Crippen LogP contribution in [0.4, 0.5) is 0 Å². The van der Waals surface area contributed by atoms with Crippen molar-refractivity contribution in [1.29, 1.82) is 0 Å². The van der Waals surface area contributed by atoms with Gasteiger partial charge in [0, 0.05) is 6.04 Å². The van der Waals surface area contributed by atoms with E-state index in [0.29, 0.717) is 5.41 Å². The normalized spacial score (nSPS) is 31.8. The first kappa shape index (κ1) is 11.4. The quantitative estimate of drug-likeness (QED) is 0.729. The fourth-order valence-electron chi connectivity index (χ4n) is 3.46. The minimum absolute atomic E-state index is 0.585. The first-order valence-corrected chi connectivity index (χ1v) is 6.87. The van der Waals surface area contributed by atoms with Crippen molar-refractivity contribution in [3.05, 3.63) is 0 Å². The van der Waals surface area contributed by atoms with E-state index in [1.54, 1.807) is 0 Å². The summed E-state index contributed by atoms with van der Waals surface area (Å²) in [6.07, 6.45) is 8.78. The Balaban J connectivity index is 1.95. The molecular weight excluding hydrogens is 182 g/mol. The molecule has 2 atom stereocenters. The SMILES string of the molecule is CCNC(CC1CC1)C1CCCC1(C)C.